The molecule has 0 fully saturated rings. The number of carbonyl (C=O) groups is 1. The summed E-state index contributed by atoms with van der Waals surface area (Å²) >= 11 is 5.57. The van der Waals surface area contributed by atoms with Gasteiger partial charge in [0.25, 0.3) is 11.6 Å². The van der Waals surface area contributed by atoms with Crippen LogP contribution in [0.2, 0.25) is 5.02 Å². The SMILES string of the molecule is N#CNC(=O)c1cc(Cl)cc([N+](=O)[O-])c1. The molecular formula is C8H4ClN3O3. The van der Waals surface area contributed by atoms with Crippen LogP contribution in [-0.4, -0.2) is 10.8 Å². The van der Waals surface area contributed by atoms with Crippen molar-refractivity contribution in [3.63, 3.8) is 0 Å². The number of halogens is 1. The van der Waals surface area contributed by atoms with E-state index in [0.717, 1.165) is 12.1 Å². The third-order valence-corrected chi connectivity index (χ3v) is 1.74. The number of amides is 1. The van der Waals surface area contributed by atoms with Crippen molar-refractivity contribution in [1.82, 2.24) is 5.32 Å². The number of nitro groups is 1. The Morgan fingerprint density at radius 2 is 2.20 bits per heavy atom. The van der Waals surface area contributed by atoms with E-state index in [4.69, 9.17) is 16.9 Å². The topological polar surface area (TPSA) is 96.0 Å². The smallest absolute Gasteiger partial charge is 0.268 e. The van der Waals surface area contributed by atoms with Gasteiger partial charge in [0.05, 0.1) is 4.92 Å². The lowest BCUT2D eigenvalue weighted by Gasteiger charge is -1.98. The number of rotatable bonds is 2. The van der Waals surface area contributed by atoms with E-state index in [1.54, 1.807) is 0 Å². The average molecular weight is 226 g/mol. The minimum atomic E-state index is -0.733. The summed E-state index contributed by atoms with van der Waals surface area (Å²) in [4.78, 5) is 20.9. The minimum absolute atomic E-state index is 0.0317. The number of non-ortho nitro benzene ring substituents is 1. The fourth-order valence-electron chi connectivity index (χ4n) is 0.934. The van der Waals surface area contributed by atoms with E-state index in [-0.39, 0.29) is 16.3 Å². The Labute approximate surface area is 89.2 Å². The second kappa shape index (κ2) is 4.39. The lowest BCUT2D eigenvalue weighted by molar-refractivity contribution is -0.384. The first-order valence-corrected chi connectivity index (χ1v) is 4.07. The third kappa shape index (κ3) is 2.65. The van der Waals surface area contributed by atoms with Crippen LogP contribution < -0.4 is 5.32 Å². The predicted octanol–water partition coefficient (Wildman–Crippen LogP) is 1.46. The zero-order valence-electron chi connectivity index (χ0n) is 7.23. The highest BCUT2D eigenvalue weighted by atomic mass is 35.5. The van der Waals surface area contributed by atoms with E-state index in [9.17, 15) is 14.9 Å². The quantitative estimate of drug-likeness (QED) is 0.357. The molecule has 0 bridgehead atoms. The summed E-state index contributed by atoms with van der Waals surface area (Å²) in [6.45, 7) is 0. The molecule has 0 saturated heterocycles. The van der Waals surface area contributed by atoms with E-state index >= 15 is 0 Å². The Morgan fingerprint density at radius 1 is 1.53 bits per heavy atom. The molecule has 1 rings (SSSR count). The molecular weight excluding hydrogens is 222 g/mol. The van der Waals surface area contributed by atoms with Crippen molar-refractivity contribution in [2.45, 2.75) is 0 Å². The summed E-state index contributed by atoms with van der Waals surface area (Å²) in [6, 6.07) is 3.39. The van der Waals surface area contributed by atoms with Crippen LogP contribution in [0.3, 0.4) is 0 Å². The van der Waals surface area contributed by atoms with E-state index in [0.29, 0.717) is 0 Å². The molecule has 1 aromatic rings. The number of nitrogens with one attached hydrogen (secondary N) is 1. The number of hydrogen-bond acceptors (Lipinski definition) is 4. The first-order chi connectivity index (χ1) is 7.04. The van der Waals surface area contributed by atoms with Gasteiger partial charge in [-0.25, -0.2) is 0 Å². The molecule has 0 aliphatic rings. The lowest BCUT2D eigenvalue weighted by Crippen LogP contribution is -2.17. The molecule has 76 valence electrons. The van der Waals surface area contributed by atoms with Crippen LogP contribution in [0.25, 0.3) is 0 Å². The fourth-order valence-corrected chi connectivity index (χ4v) is 1.16. The van der Waals surface area contributed by atoms with Crippen molar-refractivity contribution >= 4 is 23.2 Å². The second-order valence-corrected chi connectivity index (χ2v) is 2.96. The molecule has 1 amide bonds. The molecule has 7 heteroatoms. The Balaban J connectivity index is 3.15. The predicted molar refractivity (Wildman–Crippen MR) is 51.2 cm³/mol. The van der Waals surface area contributed by atoms with Gasteiger partial charge < -0.3 is 0 Å². The molecule has 0 saturated carbocycles. The van der Waals surface area contributed by atoms with Gasteiger partial charge in [0, 0.05) is 22.7 Å². The van der Waals surface area contributed by atoms with Crippen LogP contribution in [0.15, 0.2) is 18.2 Å². The molecule has 0 unspecified atom stereocenters. The monoisotopic (exact) mass is 225 g/mol. The Bertz CT molecular complexity index is 467. The molecule has 0 aliphatic heterocycles. The normalized spacial score (nSPS) is 9.07. The standard InChI is InChI=1S/C8H4ClN3O3/c9-6-1-5(8(13)11-4-10)2-7(3-6)12(14)15/h1-3H,(H,11,13). The van der Waals surface area contributed by atoms with Gasteiger partial charge in [-0.1, -0.05) is 11.6 Å². The van der Waals surface area contributed by atoms with E-state index in [1.165, 1.54) is 12.3 Å². The number of hydrogen-bond donors (Lipinski definition) is 1. The largest absolute Gasteiger partial charge is 0.271 e. The van der Waals surface area contributed by atoms with Gasteiger partial charge in [0.1, 0.15) is 0 Å². The number of nitriles is 1. The van der Waals surface area contributed by atoms with Crippen LogP contribution in [0, 0.1) is 21.6 Å². The van der Waals surface area contributed by atoms with Gasteiger partial charge in [-0.3, -0.25) is 20.2 Å². The molecule has 0 radical (unpaired) electrons. The molecule has 0 heterocycles. The number of benzene rings is 1. The molecule has 0 aromatic heterocycles. The van der Waals surface area contributed by atoms with Crippen molar-refractivity contribution in [2.24, 2.45) is 0 Å². The van der Waals surface area contributed by atoms with Crippen LogP contribution in [-0.2, 0) is 0 Å². The minimum Gasteiger partial charge on any atom is -0.268 e. The van der Waals surface area contributed by atoms with Crippen molar-refractivity contribution in [1.29, 1.82) is 5.26 Å². The van der Waals surface area contributed by atoms with Crippen LogP contribution in [0.4, 0.5) is 5.69 Å². The van der Waals surface area contributed by atoms with Gasteiger partial charge >= 0.3 is 0 Å². The summed E-state index contributed by atoms with van der Waals surface area (Å²) in [6.07, 6.45) is 1.42. The molecule has 1 aromatic carbocycles. The molecule has 1 N–H and O–H groups in total. The van der Waals surface area contributed by atoms with Crippen LogP contribution >= 0.6 is 11.6 Å². The van der Waals surface area contributed by atoms with Crippen molar-refractivity contribution < 1.29 is 9.72 Å². The highest BCUT2D eigenvalue weighted by molar-refractivity contribution is 6.31. The van der Waals surface area contributed by atoms with Crippen LogP contribution in [0.1, 0.15) is 10.4 Å². The van der Waals surface area contributed by atoms with E-state index in [1.807, 2.05) is 5.32 Å². The summed E-state index contributed by atoms with van der Waals surface area (Å²) in [5.74, 6) is -0.733. The van der Waals surface area contributed by atoms with Gasteiger partial charge in [-0.2, -0.15) is 5.26 Å². The highest BCUT2D eigenvalue weighted by Gasteiger charge is 2.13. The van der Waals surface area contributed by atoms with E-state index in [2.05, 4.69) is 0 Å². The van der Waals surface area contributed by atoms with Crippen molar-refractivity contribution in [3.8, 4) is 6.19 Å². The third-order valence-electron chi connectivity index (χ3n) is 1.52. The number of carbonyl (C=O) groups excluding carboxylic acids is 1. The van der Waals surface area contributed by atoms with E-state index < -0.39 is 10.8 Å². The molecule has 0 atom stereocenters. The highest BCUT2D eigenvalue weighted by Crippen LogP contribution is 2.20. The average Bonchev–Trinajstić information content (AvgIpc) is 2.17. The van der Waals surface area contributed by atoms with Crippen molar-refractivity contribution in [3.05, 3.63) is 38.9 Å². The lowest BCUT2D eigenvalue weighted by atomic mass is 10.2. The van der Waals surface area contributed by atoms with Crippen LogP contribution in [0.5, 0.6) is 0 Å². The number of nitro benzene ring substituents is 1. The van der Waals surface area contributed by atoms with Gasteiger partial charge in [0.15, 0.2) is 6.19 Å². The van der Waals surface area contributed by atoms with Gasteiger partial charge in [-0.15, -0.1) is 0 Å². The summed E-state index contributed by atoms with van der Waals surface area (Å²) in [7, 11) is 0. The summed E-state index contributed by atoms with van der Waals surface area (Å²) in [5, 5.41) is 20.5. The van der Waals surface area contributed by atoms with Gasteiger partial charge in [0.2, 0.25) is 0 Å². The first-order valence-electron chi connectivity index (χ1n) is 3.69. The maximum absolute atomic E-state index is 11.2. The molecule has 0 aliphatic carbocycles. The maximum atomic E-state index is 11.2. The summed E-state index contributed by atoms with van der Waals surface area (Å²) in [5.41, 5.74) is -0.332. The zero-order valence-corrected chi connectivity index (χ0v) is 7.99. The summed E-state index contributed by atoms with van der Waals surface area (Å²) < 4.78 is 0. The Morgan fingerprint density at radius 3 is 2.73 bits per heavy atom. The zero-order chi connectivity index (χ0) is 11.4. The fraction of sp³-hybridized carbons (Fsp3) is 0. The first kappa shape index (κ1) is 10.9. The van der Waals surface area contributed by atoms with Crippen molar-refractivity contribution in [2.75, 3.05) is 0 Å². The Kier molecular flexibility index (Phi) is 3.21. The molecule has 6 nitrogen and oxygen atoms in total. The number of nitrogens with zero attached hydrogens (tertiary/aromatic N) is 2. The molecule has 0 spiro atoms. The van der Waals surface area contributed by atoms with Gasteiger partial charge in [-0.05, 0) is 6.07 Å². The second-order valence-electron chi connectivity index (χ2n) is 2.52. The Hall–Kier alpha value is -2.13. The maximum Gasteiger partial charge on any atom is 0.271 e. The molecule has 15 heavy (non-hydrogen) atoms.